The number of ether oxygens (including phenoxy) is 1. The molecule has 9 heteroatoms. The van der Waals surface area contributed by atoms with Gasteiger partial charge in [0.2, 0.25) is 5.91 Å². The molecule has 1 N–H and O–H groups in total. The first-order valence-electron chi connectivity index (χ1n) is 10.2. The van der Waals surface area contributed by atoms with Crippen molar-refractivity contribution in [2.24, 2.45) is 12.0 Å². The molecular formula is C19H33N7O2. The molecule has 0 spiro atoms. The number of aromatic nitrogens is 2. The van der Waals surface area contributed by atoms with Gasteiger partial charge in [0.05, 0.1) is 25.0 Å². The molecule has 2 aliphatic rings. The molecule has 1 amide bonds. The second kappa shape index (κ2) is 9.88. The van der Waals surface area contributed by atoms with Crippen LogP contribution >= 0.6 is 0 Å². The lowest BCUT2D eigenvalue weighted by atomic mass is 10.3. The smallest absolute Gasteiger partial charge is 0.246 e. The monoisotopic (exact) mass is 391 g/mol. The number of hydrogen-bond donors (Lipinski definition) is 1. The van der Waals surface area contributed by atoms with Crippen molar-refractivity contribution in [1.29, 1.82) is 0 Å². The van der Waals surface area contributed by atoms with Crippen LogP contribution in [0.2, 0.25) is 0 Å². The maximum Gasteiger partial charge on any atom is 0.246 e. The summed E-state index contributed by atoms with van der Waals surface area (Å²) in [5.41, 5.74) is 0.854. The van der Waals surface area contributed by atoms with Crippen molar-refractivity contribution in [3.05, 3.63) is 12.4 Å². The first-order valence-corrected chi connectivity index (χ1v) is 10.2. The number of aliphatic imine (C=N–C) groups is 1. The van der Waals surface area contributed by atoms with E-state index in [1.807, 2.05) is 13.2 Å². The summed E-state index contributed by atoms with van der Waals surface area (Å²) in [4.78, 5) is 23.8. The zero-order chi connectivity index (χ0) is 19.9. The average molecular weight is 392 g/mol. The predicted molar refractivity (Wildman–Crippen MR) is 110 cm³/mol. The topological polar surface area (TPSA) is 78.2 Å². The van der Waals surface area contributed by atoms with Crippen LogP contribution in [0.3, 0.4) is 0 Å². The minimum atomic E-state index is 0.0737. The quantitative estimate of drug-likeness (QED) is 0.477. The van der Waals surface area contributed by atoms with Crippen molar-refractivity contribution in [3.63, 3.8) is 0 Å². The number of rotatable bonds is 9. The maximum absolute atomic E-state index is 12.7. The van der Waals surface area contributed by atoms with Crippen LogP contribution in [0.4, 0.5) is 5.69 Å². The molecule has 1 aromatic rings. The lowest BCUT2D eigenvalue weighted by Crippen LogP contribution is -2.55. The molecule has 1 aliphatic heterocycles. The summed E-state index contributed by atoms with van der Waals surface area (Å²) >= 11 is 0. The Morgan fingerprint density at radius 3 is 2.82 bits per heavy atom. The van der Waals surface area contributed by atoms with Crippen molar-refractivity contribution < 1.29 is 9.53 Å². The highest BCUT2D eigenvalue weighted by molar-refractivity contribution is 5.98. The number of methoxy groups -OCH3 is 1. The van der Waals surface area contributed by atoms with E-state index in [1.54, 1.807) is 22.9 Å². The van der Waals surface area contributed by atoms with Gasteiger partial charge in [-0.25, -0.2) is 0 Å². The number of guanidine groups is 1. The van der Waals surface area contributed by atoms with Crippen LogP contribution in [0.25, 0.3) is 0 Å². The Bertz CT molecular complexity index is 671. The van der Waals surface area contributed by atoms with E-state index in [1.165, 1.54) is 12.8 Å². The molecule has 1 aromatic heterocycles. The Hall–Kier alpha value is -2.13. The van der Waals surface area contributed by atoms with Gasteiger partial charge in [0.25, 0.3) is 0 Å². The number of nitrogens with one attached hydrogen (secondary N) is 1. The van der Waals surface area contributed by atoms with Crippen molar-refractivity contribution in [2.45, 2.75) is 25.8 Å². The molecule has 0 atom stereocenters. The molecule has 1 aliphatic carbocycles. The number of aryl methyl sites for hydroxylation is 1. The lowest BCUT2D eigenvalue weighted by molar-refractivity contribution is -0.120. The van der Waals surface area contributed by atoms with Gasteiger partial charge < -0.3 is 19.9 Å². The van der Waals surface area contributed by atoms with Gasteiger partial charge in [-0.1, -0.05) is 0 Å². The Labute approximate surface area is 167 Å². The van der Waals surface area contributed by atoms with Crippen LogP contribution in [0.15, 0.2) is 17.4 Å². The zero-order valence-corrected chi connectivity index (χ0v) is 17.3. The fourth-order valence-corrected chi connectivity index (χ4v) is 3.51. The average Bonchev–Trinajstić information content (AvgIpc) is 3.44. The molecule has 0 bridgehead atoms. The van der Waals surface area contributed by atoms with Gasteiger partial charge >= 0.3 is 0 Å². The third-order valence-electron chi connectivity index (χ3n) is 5.15. The van der Waals surface area contributed by atoms with Crippen LogP contribution in [-0.4, -0.2) is 97.0 Å². The highest BCUT2D eigenvalue weighted by Gasteiger charge is 2.29. The van der Waals surface area contributed by atoms with E-state index in [0.717, 1.165) is 51.0 Å². The Kier molecular flexibility index (Phi) is 7.27. The molecule has 3 rings (SSSR count). The van der Waals surface area contributed by atoms with E-state index in [2.05, 4.69) is 27.1 Å². The molecule has 0 aromatic carbocycles. The fourth-order valence-electron chi connectivity index (χ4n) is 3.51. The van der Waals surface area contributed by atoms with E-state index in [4.69, 9.17) is 9.73 Å². The number of amides is 1. The molecule has 2 heterocycles. The minimum Gasteiger partial charge on any atom is -0.383 e. The van der Waals surface area contributed by atoms with Crippen LogP contribution in [-0.2, 0) is 16.6 Å². The number of piperazine rings is 1. The summed E-state index contributed by atoms with van der Waals surface area (Å²) in [6.45, 7) is 7.91. The number of hydrogen-bond acceptors (Lipinski definition) is 5. The Morgan fingerprint density at radius 2 is 2.21 bits per heavy atom. The van der Waals surface area contributed by atoms with E-state index >= 15 is 0 Å². The van der Waals surface area contributed by atoms with Crippen molar-refractivity contribution in [1.82, 2.24) is 24.9 Å². The summed E-state index contributed by atoms with van der Waals surface area (Å²) < 4.78 is 6.94. The first kappa shape index (κ1) is 20.6. The molecule has 0 radical (unpaired) electrons. The van der Waals surface area contributed by atoms with Gasteiger partial charge in [-0.3, -0.25) is 19.4 Å². The lowest BCUT2D eigenvalue weighted by Gasteiger charge is -2.35. The molecule has 9 nitrogen and oxygen atoms in total. The molecular weight excluding hydrogens is 358 g/mol. The highest BCUT2D eigenvalue weighted by Crippen LogP contribution is 2.26. The van der Waals surface area contributed by atoms with Crippen LogP contribution in [0, 0.1) is 0 Å². The summed E-state index contributed by atoms with van der Waals surface area (Å²) in [5.74, 6) is 0.897. The molecule has 1 saturated heterocycles. The second-order valence-corrected chi connectivity index (χ2v) is 7.33. The van der Waals surface area contributed by atoms with E-state index in [-0.39, 0.29) is 5.91 Å². The van der Waals surface area contributed by atoms with Gasteiger partial charge in [0.1, 0.15) is 6.54 Å². The molecule has 156 valence electrons. The molecule has 28 heavy (non-hydrogen) atoms. The highest BCUT2D eigenvalue weighted by atomic mass is 16.5. The largest absolute Gasteiger partial charge is 0.383 e. The van der Waals surface area contributed by atoms with Crippen LogP contribution < -0.4 is 10.2 Å². The standard InChI is InChI=1S/C19H33N7O2/c1-4-20-19(21-7-8-24(11-12-28-3)16-5-6-16)25-9-10-26(18(27)15-25)17-13-22-23(2)14-17/h13-14,16H,4-12,15H2,1-3H3,(H,20,21). The number of anilines is 1. The van der Waals surface area contributed by atoms with E-state index in [9.17, 15) is 4.79 Å². The van der Waals surface area contributed by atoms with Gasteiger partial charge in [0.15, 0.2) is 5.96 Å². The minimum absolute atomic E-state index is 0.0737. The van der Waals surface area contributed by atoms with Crippen LogP contribution in [0.1, 0.15) is 19.8 Å². The molecule has 2 fully saturated rings. The van der Waals surface area contributed by atoms with Crippen LogP contribution in [0.5, 0.6) is 0 Å². The van der Waals surface area contributed by atoms with Crippen molar-refractivity contribution in [2.75, 3.05) is 64.4 Å². The normalized spacial score (nSPS) is 18.3. The van der Waals surface area contributed by atoms with Gasteiger partial charge in [-0.2, -0.15) is 5.10 Å². The fraction of sp³-hybridized carbons (Fsp3) is 0.737. The maximum atomic E-state index is 12.7. The third-order valence-corrected chi connectivity index (χ3v) is 5.15. The predicted octanol–water partition coefficient (Wildman–Crippen LogP) is 0.145. The first-order chi connectivity index (χ1) is 13.6. The van der Waals surface area contributed by atoms with Gasteiger partial charge in [-0.05, 0) is 19.8 Å². The molecule has 1 saturated carbocycles. The SMILES string of the molecule is CCNC(=NCCN(CCOC)C1CC1)N1CCN(c2cnn(C)c2)C(=O)C1. The van der Waals surface area contributed by atoms with Crippen molar-refractivity contribution >= 4 is 17.6 Å². The number of nitrogens with zero attached hydrogens (tertiary/aromatic N) is 6. The van der Waals surface area contributed by atoms with Gasteiger partial charge in [-0.15, -0.1) is 0 Å². The summed E-state index contributed by atoms with van der Waals surface area (Å²) in [5, 5.41) is 7.51. The Balaban J connectivity index is 1.56. The van der Waals surface area contributed by atoms with E-state index < -0.39 is 0 Å². The third kappa shape index (κ3) is 5.45. The Morgan fingerprint density at radius 1 is 1.39 bits per heavy atom. The second-order valence-electron chi connectivity index (χ2n) is 7.33. The van der Waals surface area contributed by atoms with Crippen molar-refractivity contribution in [3.8, 4) is 0 Å². The van der Waals surface area contributed by atoms with Gasteiger partial charge in [0, 0.05) is 59.1 Å². The number of carbonyl (C=O) groups is 1. The van der Waals surface area contributed by atoms with E-state index in [0.29, 0.717) is 19.1 Å². The molecule has 0 unspecified atom stereocenters. The summed E-state index contributed by atoms with van der Waals surface area (Å²) in [6, 6.07) is 0.692. The number of carbonyl (C=O) groups excluding carboxylic acids is 1. The zero-order valence-electron chi connectivity index (χ0n) is 17.3. The summed E-state index contributed by atoms with van der Waals surface area (Å²) in [7, 11) is 3.60. The summed E-state index contributed by atoms with van der Waals surface area (Å²) in [6.07, 6.45) is 6.16.